The van der Waals surface area contributed by atoms with Gasteiger partial charge in [-0.1, -0.05) is 13.8 Å². The molecule has 1 aliphatic heterocycles. The number of aliphatic carboxylic acids is 1. The zero-order chi connectivity index (χ0) is 14.7. The molecule has 1 unspecified atom stereocenters. The van der Waals surface area contributed by atoms with Gasteiger partial charge in [0, 0.05) is 0 Å². The maximum Gasteiger partial charge on any atom is 0.321 e. The lowest BCUT2D eigenvalue weighted by molar-refractivity contribution is -0.239. The van der Waals surface area contributed by atoms with E-state index < -0.39 is 49.3 Å². The summed E-state index contributed by atoms with van der Waals surface area (Å²) in [6, 6.07) is -0.985. The highest BCUT2D eigenvalue weighted by Crippen LogP contribution is 2.20. The van der Waals surface area contributed by atoms with E-state index in [0.29, 0.717) is 0 Å². The minimum absolute atomic E-state index is 0.273. The summed E-state index contributed by atoms with van der Waals surface area (Å²) in [5, 5.41) is 49.6. The van der Waals surface area contributed by atoms with E-state index in [1.54, 1.807) is 13.8 Å². The predicted octanol–water partition coefficient (Wildman–Crippen LogP) is -2.51. The number of hydrogen-bond acceptors (Lipinski definition) is 7. The first kappa shape index (κ1) is 16.3. The van der Waals surface area contributed by atoms with Gasteiger partial charge in [0.15, 0.2) is 0 Å². The summed E-state index contributed by atoms with van der Waals surface area (Å²) in [6.45, 7) is 2.80. The molecule has 0 radical (unpaired) electrons. The summed E-state index contributed by atoms with van der Waals surface area (Å²) < 4.78 is 5.18. The molecule has 8 nitrogen and oxygen atoms in total. The molecule has 112 valence electrons. The van der Waals surface area contributed by atoms with Crippen LogP contribution in [0.3, 0.4) is 0 Å². The van der Waals surface area contributed by atoms with Gasteiger partial charge in [0.25, 0.3) is 0 Å². The number of carboxylic acids is 1. The minimum atomic E-state index is -1.52. The van der Waals surface area contributed by atoms with Crippen LogP contribution in [0.2, 0.25) is 0 Å². The number of carboxylic acid groups (broad SMARTS) is 1. The van der Waals surface area contributed by atoms with Crippen LogP contribution in [0.4, 0.5) is 0 Å². The second-order valence-corrected chi connectivity index (χ2v) is 4.98. The quantitative estimate of drug-likeness (QED) is 0.324. The van der Waals surface area contributed by atoms with Crippen LogP contribution in [-0.2, 0) is 9.53 Å². The van der Waals surface area contributed by atoms with Gasteiger partial charge in [-0.05, 0) is 5.92 Å². The fraction of sp³-hybridized carbons (Fsp3) is 0.909. The third-order valence-corrected chi connectivity index (χ3v) is 3.17. The molecule has 0 spiro atoms. The standard InChI is InChI=1S/C11H21NO7/c1-4(2)6(11(17)18)12-10-9(16)8(15)7(14)5(3-13)19-10/h4-10,12-16H,3H2,1-2H3,(H,17,18)/t5-,6+,7+,8+,9-,10?/m1/s1. The fourth-order valence-electron chi connectivity index (χ4n) is 1.97. The SMILES string of the molecule is CC(C)[C@H](NC1O[C@H](CO)[C@H](O)[C@H](O)[C@H]1O)C(=O)O. The van der Waals surface area contributed by atoms with Crippen LogP contribution in [0.25, 0.3) is 0 Å². The van der Waals surface area contributed by atoms with Crippen molar-refractivity contribution in [1.29, 1.82) is 0 Å². The molecule has 6 N–H and O–H groups in total. The lowest BCUT2D eigenvalue weighted by Gasteiger charge is -2.41. The number of aliphatic hydroxyl groups excluding tert-OH is 4. The van der Waals surface area contributed by atoms with Crippen LogP contribution in [0.5, 0.6) is 0 Å². The molecule has 0 amide bonds. The van der Waals surface area contributed by atoms with Crippen molar-refractivity contribution in [1.82, 2.24) is 5.32 Å². The molecular formula is C11H21NO7. The average Bonchev–Trinajstić information content (AvgIpc) is 2.34. The van der Waals surface area contributed by atoms with Crippen molar-refractivity contribution in [3.63, 3.8) is 0 Å². The van der Waals surface area contributed by atoms with Gasteiger partial charge >= 0.3 is 5.97 Å². The van der Waals surface area contributed by atoms with E-state index in [2.05, 4.69) is 5.32 Å². The molecule has 0 aromatic rings. The second kappa shape index (κ2) is 6.60. The first-order chi connectivity index (χ1) is 8.79. The van der Waals surface area contributed by atoms with Crippen molar-refractivity contribution in [2.75, 3.05) is 6.61 Å². The third kappa shape index (κ3) is 3.62. The van der Waals surface area contributed by atoms with E-state index in [4.69, 9.17) is 14.9 Å². The first-order valence-corrected chi connectivity index (χ1v) is 6.09. The highest BCUT2D eigenvalue weighted by Gasteiger charge is 2.44. The smallest absolute Gasteiger partial charge is 0.321 e. The molecule has 0 aliphatic carbocycles. The van der Waals surface area contributed by atoms with Gasteiger partial charge in [-0.15, -0.1) is 0 Å². The van der Waals surface area contributed by atoms with Crippen LogP contribution in [-0.4, -0.2) is 74.8 Å². The Kier molecular flexibility index (Phi) is 5.65. The Hall–Kier alpha value is -0.770. The van der Waals surface area contributed by atoms with Crippen LogP contribution < -0.4 is 5.32 Å². The molecule has 1 aliphatic rings. The molecule has 0 aromatic carbocycles. The van der Waals surface area contributed by atoms with E-state index in [0.717, 1.165) is 0 Å². The summed E-state index contributed by atoms with van der Waals surface area (Å²) in [4.78, 5) is 11.1. The number of ether oxygens (including phenoxy) is 1. The number of hydrogen-bond donors (Lipinski definition) is 6. The Labute approximate surface area is 110 Å². The summed E-state index contributed by atoms with van der Waals surface area (Å²) in [5.74, 6) is -1.39. The van der Waals surface area contributed by atoms with Crippen molar-refractivity contribution < 1.29 is 35.1 Å². The largest absolute Gasteiger partial charge is 0.480 e. The van der Waals surface area contributed by atoms with Gasteiger partial charge in [0.1, 0.15) is 36.7 Å². The zero-order valence-electron chi connectivity index (χ0n) is 10.8. The van der Waals surface area contributed by atoms with Crippen LogP contribution in [0.15, 0.2) is 0 Å². The molecule has 1 fully saturated rings. The molecule has 1 saturated heterocycles. The maximum atomic E-state index is 11.1. The Morgan fingerprint density at radius 1 is 1.21 bits per heavy atom. The highest BCUT2D eigenvalue weighted by atomic mass is 16.6. The Morgan fingerprint density at radius 3 is 2.21 bits per heavy atom. The predicted molar refractivity (Wildman–Crippen MR) is 63.2 cm³/mol. The lowest BCUT2D eigenvalue weighted by atomic mass is 9.97. The topological polar surface area (TPSA) is 139 Å². The van der Waals surface area contributed by atoms with Gasteiger partial charge in [0.2, 0.25) is 0 Å². The number of rotatable bonds is 5. The molecule has 6 atom stereocenters. The van der Waals surface area contributed by atoms with Crippen LogP contribution >= 0.6 is 0 Å². The van der Waals surface area contributed by atoms with Crippen molar-refractivity contribution in [3.05, 3.63) is 0 Å². The summed E-state index contributed by atoms with van der Waals surface area (Å²) in [7, 11) is 0. The van der Waals surface area contributed by atoms with E-state index >= 15 is 0 Å². The molecule has 0 aromatic heterocycles. The van der Waals surface area contributed by atoms with Crippen molar-refractivity contribution in [3.8, 4) is 0 Å². The van der Waals surface area contributed by atoms with Gasteiger partial charge in [-0.25, -0.2) is 0 Å². The van der Waals surface area contributed by atoms with Gasteiger partial charge < -0.3 is 30.3 Å². The number of nitrogens with one attached hydrogen (secondary N) is 1. The molecule has 0 saturated carbocycles. The molecular weight excluding hydrogens is 258 g/mol. The fourth-order valence-corrected chi connectivity index (χ4v) is 1.97. The molecule has 8 heteroatoms. The molecule has 1 rings (SSSR count). The lowest BCUT2D eigenvalue weighted by Crippen LogP contribution is -2.64. The van der Waals surface area contributed by atoms with Gasteiger partial charge in [0.05, 0.1) is 6.61 Å². The van der Waals surface area contributed by atoms with E-state index in [-0.39, 0.29) is 5.92 Å². The van der Waals surface area contributed by atoms with E-state index in [1.807, 2.05) is 0 Å². The number of aliphatic hydroxyl groups is 4. The Balaban J connectivity index is 2.78. The molecule has 0 bridgehead atoms. The first-order valence-electron chi connectivity index (χ1n) is 6.09. The molecule has 19 heavy (non-hydrogen) atoms. The maximum absolute atomic E-state index is 11.1. The van der Waals surface area contributed by atoms with Crippen molar-refractivity contribution in [2.45, 2.75) is 50.5 Å². The van der Waals surface area contributed by atoms with Crippen LogP contribution in [0, 0.1) is 5.92 Å². The summed E-state index contributed by atoms with van der Waals surface area (Å²) in [5.41, 5.74) is 0. The van der Waals surface area contributed by atoms with Crippen LogP contribution in [0.1, 0.15) is 13.8 Å². The monoisotopic (exact) mass is 279 g/mol. The zero-order valence-corrected chi connectivity index (χ0v) is 10.8. The van der Waals surface area contributed by atoms with Crippen molar-refractivity contribution in [2.24, 2.45) is 5.92 Å². The van der Waals surface area contributed by atoms with Gasteiger partial charge in [-0.2, -0.15) is 0 Å². The third-order valence-electron chi connectivity index (χ3n) is 3.17. The van der Waals surface area contributed by atoms with E-state index in [1.165, 1.54) is 0 Å². The normalized spacial score (nSPS) is 37.3. The summed E-state index contributed by atoms with van der Waals surface area (Å²) in [6.07, 6.45) is -6.71. The minimum Gasteiger partial charge on any atom is -0.480 e. The van der Waals surface area contributed by atoms with Crippen molar-refractivity contribution >= 4 is 5.97 Å². The second-order valence-electron chi connectivity index (χ2n) is 4.98. The van der Waals surface area contributed by atoms with Gasteiger partial charge in [-0.3, -0.25) is 10.1 Å². The highest BCUT2D eigenvalue weighted by molar-refractivity contribution is 5.73. The molecule has 1 heterocycles. The number of carbonyl (C=O) groups is 1. The Morgan fingerprint density at radius 2 is 1.79 bits per heavy atom. The average molecular weight is 279 g/mol. The Bertz CT molecular complexity index is 309. The van der Waals surface area contributed by atoms with E-state index in [9.17, 15) is 20.1 Å². The summed E-state index contributed by atoms with van der Waals surface area (Å²) >= 11 is 0.